The summed E-state index contributed by atoms with van der Waals surface area (Å²) in [4.78, 5) is 24.7. The van der Waals surface area contributed by atoms with Crippen molar-refractivity contribution < 1.29 is 14.6 Å². The molecule has 0 aliphatic heterocycles. The molecule has 0 saturated heterocycles. The van der Waals surface area contributed by atoms with Gasteiger partial charge in [0, 0.05) is 45.2 Å². The van der Waals surface area contributed by atoms with Crippen molar-refractivity contribution in [1.29, 1.82) is 0 Å². The van der Waals surface area contributed by atoms with Crippen LogP contribution in [0.25, 0.3) is 22.0 Å². The van der Waals surface area contributed by atoms with E-state index in [2.05, 4.69) is 15.0 Å². The van der Waals surface area contributed by atoms with Crippen LogP contribution in [0.2, 0.25) is 5.02 Å². The molecular formula is C19H18ClN3O3. The molecule has 0 saturated carbocycles. The first-order valence-electron chi connectivity index (χ1n) is 8.12. The first-order chi connectivity index (χ1) is 12.4. The van der Waals surface area contributed by atoms with Gasteiger partial charge in [-0.2, -0.15) is 0 Å². The number of nitrogens with zero attached hydrogens (tertiary/aromatic N) is 3. The Balaban J connectivity index is 2.41. The van der Waals surface area contributed by atoms with Gasteiger partial charge in [-0.25, -0.2) is 14.8 Å². The Morgan fingerprint density at radius 3 is 2.54 bits per heavy atom. The smallest absolute Gasteiger partial charge is 0.337 e. The third-order valence-electron chi connectivity index (χ3n) is 3.92. The predicted octanol–water partition coefficient (Wildman–Crippen LogP) is 4.20. The Bertz CT molecular complexity index is 961. The molecule has 3 aromatic rings. The van der Waals surface area contributed by atoms with Gasteiger partial charge >= 0.3 is 5.97 Å². The van der Waals surface area contributed by atoms with Crippen LogP contribution < -0.4 is 0 Å². The summed E-state index contributed by atoms with van der Waals surface area (Å²) in [5, 5.41) is 11.0. The van der Waals surface area contributed by atoms with E-state index in [-0.39, 0.29) is 6.10 Å². The molecule has 0 aliphatic carbocycles. The predicted molar refractivity (Wildman–Crippen MR) is 99.1 cm³/mol. The molecule has 0 fully saturated rings. The molecular weight excluding hydrogens is 354 g/mol. The van der Waals surface area contributed by atoms with Gasteiger partial charge in [0.25, 0.3) is 0 Å². The van der Waals surface area contributed by atoms with Crippen LogP contribution in [-0.2, 0) is 9.53 Å². The average molecular weight is 372 g/mol. The number of halogens is 1. The SMILES string of the molecule is Cc1nc2ccc(Cl)cc2c(-c2cncnc2)c1C(OC(C)C)C(=O)O. The summed E-state index contributed by atoms with van der Waals surface area (Å²) in [7, 11) is 0. The van der Waals surface area contributed by atoms with Gasteiger partial charge in [-0.05, 0) is 39.0 Å². The van der Waals surface area contributed by atoms with Gasteiger partial charge in [-0.3, -0.25) is 4.98 Å². The van der Waals surface area contributed by atoms with E-state index in [9.17, 15) is 9.90 Å². The lowest BCUT2D eigenvalue weighted by Crippen LogP contribution is -2.21. The molecule has 6 nitrogen and oxygen atoms in total. The number of benzene rings is 1. The van der Waals surface area contributed by atoms with Crippen LogP contribution in [0.3, 0.4) is 0 Å². The lowest BCUT2D eigenvalue weighted by atomic mass is 9.92. The van der Waals surface area contributed by atoms with E-state index in [1.807, 2.05) is 0 Å². The lowest BCUT2D eigenvalue weighted by molar-refractivity contribution is -0.153. The summed E-state index contributed by atoms with van der Waals surface area (Å²) >= 11 is 6.19. The third-order valence-corrected chi connectivity index (χ3v) is 4.15. The Morgan fingerprint density at radius 1 is 1.23 bits per heavy atom. The van der Waals surface area contributed by atoms with Crippen LogP contribution in [0, 0.1) is 6.92 Å². The van der Waals surface area contributed by atoms with Crippen LogP contribution in [0.4, 0.5) is 0 Å². The number of fused-ring (bicyclic) bond motifs is 1. The van der Waals surface area contributed by atoms with Gasteiger partial charge in [0.2, 0.25) is 0 Å². The van der Waals surface area contributed by atoms with Crippen molar-refractivity contribution in [3.05, 3.63) is 53.2 Å². The highest BCUT2D eigenvalue weighted by Gasteiger charge is 2.29. The molecule has 7 heteroatoms. The van der Waals surface area contributed by atoms with Crippen molar-refractivity contribution in [2.75, 3.05) is 0 Å². The minimum Gasteiger partial charge on any atom is -0.479 e. The second-order valence-corrected chi connectivity index (χ2v) is 6.61. The summed E-state index contributed by atoms with van der Waals surface area (Å²) in [6.07, 6.45) is 3.26. The minimum atomic E-state index is -1.17. The van der Waals surface area contributed by atoms with Gasteiger partial charge in [0.1, 0.15) is 6.33 Å². The first-order valence-corrected chi connectivity index (χ1v) is 8.49. The van der Waals surface area contributed by atoms with Crippen LogP contribution in [0.5, 0.6) is 0 Å². The first kappa shape index (κ1) is 18.2. The molecule has 0 radical (unpaired) electrons. The fraction of sp³-hybridized carbons (Fsp3) is 0.263. The molecule has 0 bridgehead atoms. The molecule has 1 atom stereocenters. The summed E-state index contributed by atoms with van der Waals surface area (Å²) in [5.41, 5.74) is 3.12. The van der Waals surface area contributed by atoms with Crippen molar-refractivity contribution in [2.45, 2.75) is 33.0 Å². The second-order valence-electron chi connectivity index (χ2n) is 6.18. The molecule has 2 heterocycles. The molecule has 1 unspecified atom stereocenters. The standard InChI is InChI=1S/C19H18ClN3O3/c1-10(2)26-18(19(24)25)16-11(3)23-15-5-4-13(20)6-14(15)17(16)12-7-21-9-22-8-12/h4-10,18H,1-3H3,(H,24,25). The van der Waals surface area contributed by atoms with Crippen molar-refractivity contribution in [1.82, 2.24) is 15.0 Å². The van der Waals surface area contributed by atoms with Gasteiger partial charge in [-0.1, -0.05) is 11.6 Å². The summed E-state index contributed by atoms with van der Waals surface area (Å²) in [6, 6.07) is 5.32. The van der Waals surface area contributed by atoms with E-state index in [0.717, 1.165) is 5.39 Å². The van der Waals surface area contributed by atoms with E-state index >= 15 is 0 Å². The Hall–Kier alpha value is -2.57. The van der Waals surface area contributed by atoms with E-state index < -0.39 is 12.1 Å². The molecule has 3 rings (SSSR count). The van der Waals surface area contributed by atoms with Crippen LogP contribution in [0.1, 0.15) is 31.2 Å². The zero-order chi connectivity index (χ0) is 18.8. The van der Waals surface area contributed by atoms with Gasteiger partial charge in [-0.15, -0.1) is 0 Å². The Labute approximate surface area is 155 Å². The average Bonchev–Trinajstić information content (AvgIpc) is 2.59. The van der Waals surface area contributed by atoms with E-state index in [0.29, 0.717) is 32.9 Å². The number of aliphatic carboxylic acids is 1. The summed E-state index contributed by atoms with van der Waals surface area (Å²) in [6.45, 7) is 5.36. The molecule has 0 aliphatic rings. The summed E-state index contributed by atoms with van der Waals surface area (Å²) in [5.74, 6) is -1.08. The Morgan fingerprint density at radius 2 is 1.92 bits per heavy atom. The fourth-order valence-corrected chi connectivity index (χ4v) is 3.13. The molecule has 1 N–H and O–H groups in total. The number of pyridine rings is 1. The molecule has 26 heavy (non-hydrogen) atoms. The molecule has 2 aromatic heterocycles. The number of rotatable bonds is 5. The lowest BCUT2D eigenvalue weighted by Gasteiger charge is -2.22. The van der Waals surface area contributed by atoms with Gasteiger partial charge < -0.3 is 9.84 Å². The van der Waals surface area contributed by atoms with Crippen LogP contribution in [-0.4, -0.2) is 32.1 Å². The van der Waals surface area contributed by atoms with Crippen LogP contribution >= 0.6 is 11.6 Å². The number of hydrogen-bond donors (Lipinski definition) is 1. The van der Waals surface area contributed by atoms with Crippen molar-refractivity contribution in [2.24, 2.45) is 0 Å². The zero-order valence-corrected chi connectivity index (χ0v) is 15.4. The number of hydrogen-bond acceptors (Lipinski definition) is 5. The quantitative estimate of drug-likeness (QED) is 0.723. The maximum atomic E-state index is 12.0. The fourth-order valence-electron chi connectivity index (χ4n) is 2.95. The number of aromatic nitrogens is 3. The highest BCUT2D eigenvalue weighted by atomic mass is 35.5. The topological polar surface area (TPSA) is 85.2 Å². The maximum absolute atomic E-state index is 12.0. The van der Waals surface area contributed by atoms with E-state index in [4.69, 9.17) is 16.3 Å². The maximum Gasteiger partial charge on any atom is 0.337 e. The number of carboxylic acids is 1. The van der Waals surface area contributed by atoms with Gasteiger partial charge in [0.15, 0.2) is 6.10 Å². The second kappa shape index (κ2) is 7.35. The highest BCUT2D eigenvalue weighted by molar-refractivity contribution is 6.31. The number of aryl methyl sites for hydroxylation is 1. The van der Waals surface area contributed by atoms with Gasteiger partial charge in [0.05, 0.1) is 11.6 Å². The normalized spacial score (nSPS) is 12.5. The molecule has 0 amide bonds. The monoisotopic (exact) mass is 371 g/mol. The van der Waals surface area contributed by atoms with E-state index in [1.165, 1.54) is 6.33 Å². The number of carbonyl (C=O) groups is 1. The number of carboxylic acid groups (broad SMARTS) is 1. The molecule has 134 valence electrons. The Kier molecular flexibility index (Phi) is 5.15. The summed E-state index contributed by atoms with van der Waals surface area (Å²) < 4.78 is 5.71. The zero-order valence-electron chi connectivity index (χ0n) is 14.6. The van der Waals surface area contributed by atoms with E-state index in [1.54, 1.807) is 51.4 Å². The molecule has 0 spiro atoms. The largest absolute Gasteiger partial charge is 0.479 e. The van der Waals surface area contributed by atoms with Crippen molar-refractivity contribution in [3.8, 4) is 11.1 Å². The third kappa shape index (κ3) is 3.52. The highest BCUT2D eigenvalue weighted by Crippen LogP contribution is 2.38. The molecule has 1 aromatic carbocycles. The number of ether oxygens (including phenoxy) is 1. The van der Waals surface area contributed by atoms with Crippen molar-refractivity contribution >= 4 is 28.5 Å². The van der Waals surface area contributed by atoms with Crippen molar-refractivity contribution in [3.63, 3.8) is 0 Å². The van der Waals surface area contributed by atoms with Crippen LogP contribution in [0.15, 0.2) is 36.9 Å². The minimum absolute atomic E-state index is 0.273.